The number of carbonyl (C=O) groups excluding carboxylic acids is 1. The number of benzene rings is 3. The quantitative estimate of drug-likeness (QED) is 0.169. The molecule has 1 aliphatic rings. The third-order valence-corrected chi connectivity index (χ3v) is 9.16. The van der Waals surface area contributed by atoms with E-state index in [0.29, 0.717) is 17.4 Å². The number of ether oxygens (including phenoxy) is 1. The van der Waals surface area contributed by atoms with Crippen LogP contribution in [0.4, 0.5) is 0 Å². The standard InChI is InChI=1S/C36H40N2O4S/c1-36(2,3)27-14-17-28(18-15-27)42-29-16-13-26-20-32(37-31(30(26)21-29)19-24-9-7-8-10-24)35(41)38-33(22-34(39)40)43-23-25-11-5-4-6-12-25/h4-6,11-18,20-21,24,33H,7-10,19,22-23H2,1-3H3,(H,38,41)(H,39,40). The van der Waals surface area contributed by atoms with Crippen molar-refractivity contribution < 1.29 is 19.4 Å². The largest absolute Gasteiger partial charge is 0.481 e. The molecule has 0 radical (unpaired) electrons. The van der Waals surface area contributed by atoms with Crippen molar-refractivity contribution in [3.8, 4) is 11.5 Å². The Balaban J connectivity index is 1.39. The van der Waals surface area contributed by atoms with Gasteiger partial charge in [-0.15, -0.1) is 11.8 Å². The summed E-state index contributed by atoms with van der Waals surface area (Å²) in [6.45, 7) is 6.57. The number of hydrogen-bond acceptors (Lipinski definition) is 5. The summed E-state index contributed by atoms with van der Waals surface area (Å²) in [5, 5.41) is 13.7. The van der Waals surface area contributed by atoms with E-state index in [1.165, 1.54) is 30.2 Å². The Morgan fingerprint density at radius 3 is 2.35 bits per heavy atom. The first-order valence-corrected chi connectivity index (χ1v) is 16.1. The molecule has 0 saturated heterocycles. The van der Waals surface area contributed by atoms with Gasteiger partial charge in [-0.2, -0.15) is 0 Å². The molecule has 3 aromatic carbocycles. The number of aliphatic carboxylic acids is 1. The highest BCUT2D eigenvalue weighted by Gasteiger charge is 2.22. The molecular formula is C36H40N2O4S. The molecule has 224 valence electrons. The van der Waals surface area contributed by atoms with Crippen molar-refractivity contribution in [3.63, 3.8) is 0 Å². The normalized spacial score (nSPS) is 14.5. The van der Waals surface area contributed by atoms with E-state index in [4.69, 9.17) is 9.72 Å². The van der Waals surface area contributed by atoms with E-state index >= 15 is 0 Å². The molecule has 2 N–H and O–H groups in total. The fourth-order valence-electron chi connectivity index (χ4n) is 5.58. The molecular weight excluding hydrogens is 556 g/mol. The minimum absolute atomic E-state index is 0.0700. The van der Waals surface area contributed by atoms with E-state index in [-0.39, 0.29) is 17.7 Å². The molecule has 1 amide bonds. The van der Waals surface area contributed by atoms with Gasteiger partial charge in [-0.1, -0.05) is 95.0 Å². The van der Waals surface area contributed by atoms with E-state index in [1.807, 2.05) is 60.7 Å². The van der Waals surface area contributed by atoms with Gasteiger partial charge < -0.3 is 15.2 Å². The van der Waals surface area contributed by atoms with Crippen molar-refractivity contribution in [1.82, 2.24) is 10.3 Å². The Bertz CT molecular complexity index is 1560. The van der Waals surface area contributed by atoms with Gasteiger partial charge in [0.2, 0.25) is 0 Å². The molecule has 43 heavy (non-hydrogen) atoms. The highest BCUT2D eigenvalue weighted by atomic mass is 32.2. The summed E-state index contributed by atoms with van der Waals surface area (Å²) in [6, 6.07) is 25.7. The van der Waals surface area contributed by atoms with Crippen LogP contribution in [0, 0.1) is 5.92 Å². The van der Waals surface area contributed by atoms with Gasteiger partial charge in [0.15, 0.2) is 0 Å². The van der Waals surface area contributed by atoms with Gasteiger partial charge in [0.05, 0.1) is 11.8 Å². The molecule has 1 fully saturated rings. The first-order chi connectivity index (χ1) is 20.6. The van der Waals surface area contributed by atoms with Gasteiger partial charge in [0.25, 0.3) is 5.91 Å². The van der Waals surface area contributed by atoms with Crippen LogP contribution in [-0.2, 0) is 22.4 Å². The van der Waals surface area contributed by atoms with E-state index in [0.717, 1.165) is 52.8 Å². The molecule has 1 heterocycles. The van der Waals surface area contributed by atoms with E-state index in [2.05, 4.69) is 38.2 Å². The summed E-state index contributed by atoms with van der Waals surface area (Å²) in [5.74, 6) is 1.30. The zero-order valence-corrected chi connectivity index (χ0v) is 26.0. The van der Waals surface area contributed by atoms with Crippen LogP contribution in [0.5, 0.6) is 11.5 Å². The number of carbonyl (C=O) groups is 2. The van der Waals surface area contributed by atoms with Gasteiger partial charge in [0, 0.05) is 16.8 Å². The monoisotopic (exact) mass is 596 g/mol. The van der Waals surface area contributed by atoms with Crippen LogP contribution in [-0.4, -0.2) is 27.3 Å². The Hall–Kier alpha value is -3.84. The fourth-order valence-corrected chi connectivity index (χ4v) is 6.62. The number of thioether (sulfide) groups is 1. The third-order valence-electron chi connectivity index (χ3n) is 7.97. The molecule has 0 spiro atoms. The predicted molar refractivity (Wildman–Crippen MR) is 174 cm³/mol. The number of aromatic nitrogens is 1. The second kappa shape index (κ2) is 13.6. The van der Waals surface area contributed by atoms with E-state index in [9.17, 15) is 14.7 Å². The van der Waals surface area contributed by atoms with Crippen LogP contribution in [0.1, 0.15) is 80.2 Å². The van der Waals surface area contributed by atoms with E-state index in [1.54, 1.807) is 6.07 Å². The lowest BCUT2D eigenvalue weighted by atomic mass is 9.87. The fraction of sp³-hybridized carbons (Fsp3) is 0.361. The third kappa shape index (κ3) is 8.38. The van der Waals surface area contributed by atoms with Crippen LogP contribution >= 0.6 is 11.8 Å². The molecule has 6 nitrogen and oxygen atoms in total. The molecule has 4 aromatic rings. The second-order valence-corrected chi connectivity index (χ2v) is 13.6. The van der Waals surface area contributed by atoms with Crippen LogP contribution < -0.4 is 10.1 Å². The molecule has 5 rings (SSSR count). The number of amides is 1. The van der Waals surface area contributed by atoms with Crippen molar-refractivity contribution in [3.05, 3.63) is 101 Å². The Kier molecular flexibility index (Phi) is 9.71. The van der Waals surface area contributed by atoms with Crippen molar-refractivity contribution in [1.29, 1.82) is 0 Å². The number of pyridine rings is 1. The maximum absolute atomic E-state index is 13.5. The molecule has 1 atom stereocenters. The van der Waals surface area contributed by atoms with Crippen molar-refractivity contribution in [2.45, 2.75) is 75.8 Å². The smallest absolute Gasteiger partial charge is 0.306 e. The number of hydrogen-bond donors (Lipinski definition) is 2. The summed E-state index contributed by atoms with van der Waals surface area (Å²) in [5.41, 5.74) is 3.58. The van der Waals surface area contributed by atoms with Crippen molar-refractivity contribution in [2.75, 3.05) is 0 Å². The highest BCUT2D eigenvalue weighted by Crippen LogP contribution is 2.33. The van der Waals surface area contributed by atoms with Crippen LogP contribution in [0.15, 0.2) is 78.9 Å². The molecule has 1 saturated carbocycles. The topological polar surface area (TPSA) is 88.5 Å². The Labute approximate surface area is 258 Å². The maximum atomic E-state index is 13.5. The lowest BCUT2D eigenvalue weighted by Gasteiger charge is -2.19. The molecule has 7 heteroatoms. The average Bonchev–Trinajstić information content (AvgIpc) is 3.49. The minimum Gasteiger partial charge on any atom is -0.481 e. The van der Waals surface area contributed by atoms with Crippen molar-refractivity contribution in [2.24, 2.45) is 5.92 Å². The number of carboxylic acids is 1. The number of rotatable bonds is 11. The van der Waals surface area contributed by atoms with Crippen molar-refractivity contribution >= 4 is 34.4 Å². The van der Waals surface area contributed by atoms with Crippen LogP contribution in [0.25, 0.3) is 10.8 Å². The average molecular weight is 597 g/mol. The predicted octanol–water partition coefficient (Wildman–Crippen LogP) is 8.52. The first-order valence-electron chi connectivity index (χ1n) is 15.0. The minimum atomic E-state index is -0.958. The molecule has 0 aliphatic heterocycles. The number of nitrogens with one attached hydrogen (secondary N) is 1. The number of fused-ring (bicyclic) bond motifs is 1. The molecule has 1 unspecified atom stereocenters. The van der Waals surface area contributed by atoms with Gasteiger partial charge in [-0.05, 0) is 64.6 Å². The van der Waals surface area contributed by atoms with Gasteiger partial charge in [0.1, 0.15) is 17.2 Å². The van der Waals surface area contributed by atoms with Gasteiger partial charge >= 0.3 is 5.97 Å². The van der Waals surface area contributed by atoms with Crippen LogP contribution in [0.3, 0.4) is 0 Å². The summed E-state index contributed by atoms with van der Waals surface area (Å²) in [6.07, 6.45) is 5.37. The Morgan fingerprint density at radius 1 is 0.977 bits per heavy atom. The van der Waals surface area contributed by atoms with Crippen LogP contribution in [0.2, 0.25) is 0 Å². The summed E-state index contributed by atoms with van der Waals surface area (Å²) in [7, 11) is 0. The summed E-state index contributed by atoms with van der Waals surface area (Å²) < 4.78 is 6.24. The highest BCUT2D eigenvalue weighted by molar-refractivity contribution is 7.99. The molecule has 1 aliphatic carbocycles. The van der Waals surface area contributed by atoms with E-state index < -0.39 is 11.3 Å². The number of nitrogens with zero attached hydrogens (tertiary/aromatic N) is 1. The Morgan fingerprint density at radius 2 is 1.67 bits per heavy atom. The number of carboxylic acid groups (broad SMARTS) is 1. The first kappa shape index (κ1) is 30.6. The lowest BCUT2D eigenvalue weighted by molar-refractivity contribution is -0.137. The maximum Gasteiger partial charge on any atom is 0.306 e. The summed E-state index contributed by atoms with van der Waals surface area (Å²) >= 11 is 1.41. The second-order valence-electron chi connectivity index (χ2n) is 12.4. The lowest BCUT2D eigenvalue weighted by Crippen LogP contribution is -2.35. The summed E-state index contributed by atoms with van der Waals surface area (Å²) in [4.78, 5) is 30.0. The zero-order valence-electron chi connectivity index (χ0n) is 25.1. The van der Waals surface area contributed by atoms with Gasteiger partial charge in [-0.3, -0.25) is 9.59 Å². The van der Waals surface area contributed by atoms with Gasteiger partial charge in [-0.25, -0.2) is 4.98 Å². The molecule has 1 aromatic heterocycles. The zero-order chi connectivity index (χ0) is 30.4. The SMILES string of the molecule is CC(C)(C)c1ccc(Oc2ccc3cc(C(=O)NC(CC(=O)O)SCc4ccccc4)nc(CC4CCCC4)c3c2)cc1. The molecule has 0 bridgehead atoms.